The maximum Gasteiger partial charge on any atom is 0.337 e. The van der Waals surface area contributed by atoms with Crippen LogP contribution in [0.25, 0.3) is 0 Å². The van der Waals surface area contributed by atoms with Crippen LogP contribution in [0.1, 0.15) is 36.0 Å². The van der Waals surface area contributed by atoms with Crippen LogP contribution in [0.4, 0.5) is 11.5 Å². The molecule has 0 bridgehead atoms. The minimum absolute atomic E-state index is 0.0748. The van der Waals surface area contributed by atoms with Crippen molar-refractivity contribution in [1.29, 1.82) is 0 Å². The van der Waals surface area contributed by atoms with Crippen molar-refractivity contribution in [2.75, 3.05) is 11.4 Å². The minimum atomic E-state index is -1.05. The molecule has 1 saturated carbocycles. The van der Waals surface area contributed by atoms with Crippen molar-refractivity contribution in [3.05, 3.63) is 46.3 Å². The zero-order chi connectivity index (χ0) is 17.1. The molecule has 0 unspecified atom stereocenters. The van der Waals surface area contributed by atoms with Crippen LogP contribution in [0.2, 0.25) is 10.3 Å². The molecule has 1 N–H and O–H groups in total. The Labute approximate surface area is 150 Å². The summed E-state index contributed by atoms with van der Waals surface area (Å²) in [7, 11) is 0. The molecular formula is C17H17Cl2N3O2. The maximum absolute atomic E-state index is 11.4. The van der Waals surface area contributed by atoms with Crippen molar-refractivity contribution in [3.8, 4) is 0 Å². The van der Waals surface area contributed by atoms with Crippen LogP contribution in [0.3, 0.4) is 0 Å². The first-order valence-electron chi connectivity index (χ1n) is 7.83. The molecule has 0 aliphatic heterocycles. The number of carbonyl (C=O) groups is 1. The average molecular weight is 366 g/mol. The van der Waals surface area contributed by atoms with Crippen molar-refractivity contribution in [3.63, 3.8) is 0 Å². The van der Waals surface area contributed by atoms with Crippen LogP contribution in [-0.2, 0) is 0 Å². The maximum atomic E-state index is 11.4. The van der Waals surface area contributed by atoms with E-state index in [2.05, 4.69) is 9.97 Å². The van der Waals surface area contributed by atoms with E-state index in [0.29, 0.717) is 11.7 Å². The van der Waals surface area contributed by atoms with E-state index >= 15 is 0 Å². The topological polar surface area (TPSA) is 66.3 Å². The van der Waals surface area contributed by atoms with Gasteiger partial charge in [0.1, 0.15) is 5.82 Å². The van der Waals surface area contributed by atoms with E-state index in [9.17, 15) is 9.90 Å². The van der Waals surface area contributed by atoms with Gasteiger partial charge >= 0.3 is 5.97 Å². The first-order chi connectivity index (χ1) is 11.5. The number of hydrogen-bond donors (Lipinski definition) is 1. The number of aromatic carboxylic acids is 1. The highest BCUT2D eigenvalue weighted by molar-refractivity contribution is 6.33. The number of nitrogens with zero attached hydrogens (tertiary/aromatic N) is 3. The Hall–Kier alpha value is -1.85. The van der Waals surface area contributed by atoms with Crippen molar-refractivity contribution in [2.45, 2.75) is 25.7 Å². The number of aromatic nitrogens is 2. The van der Waals surface area contributed by atoms with Crippen LogP contribution in [0.15, 0.2) is 30.5 Å². The number of anilines is 2. The number of hydrogen-bond acceptors (Lipinski definition) is 4. The highest BCUT2D eigenvalue weighted by Gasteiger charge is 2.22. The van der Waals surface area contributed by atoms with Crippen LogP contribution in [0, 0.1) is 5.92 Å². The fourth-order valence-corrected chi connectivity index (χ4v) is 3.45. The molecule has 1 aromatic carbocycles. The second-order valence-electron chi connectivity index (χ2n) is 5.91. The number of carboxylic acid groups (broad SMARTS) is 1. The molecule has 24 heavy (non-hydrogen) atoms. The highest BCUT2D eigenvalue weighted by atomic mass is 35.5. The van der Waals surface area contributed by atoms with Gasteiger partial charge in [0.25, 0.3) is 0 Å². The molecule has 2 aromatic rings. The summed E-state index contributed by atoms with van der Waals surface area (Å²) in [5.41, 5.74) is 0.809. The minimum Gasteiger partial charge on any atom is -0.478 e. The second-order valence-corrected chi connectivity index (χ2v) is 6.66. The van der Waals surface area contributed by atoms with E-state index in [1.807, 2.05) is 4.90 Å². The fourth-order valence-electron chi connectivity index (χ4n) is 3.10. The Balaban J connectivity index is 2.00. The lowest BCUT2D eigenvalue weighted by molar-refractivity contribution is 0.0697. The van der Waals surface area contributed by atoms with Gasteiger partial charge in [-0.15, -0.1) is 0 Å². The lowest BCUT2D eigenvalue weighted by Gasteiger charge is -2.27. The summed E-state index contributed by atoms with van der Waals surface area (Å²) in [6.07, 6.45) is 6.37. The zero-order valence-corrected chi connectivity index (χ0v) is 14.5. The predicted molar refractivity (Wildman–Crippen MR) is 94.4 cm³/mol. The molecule has 0 saturated heterocycles. The van der Waals surface area contributed by atoms with E-state index < -0.39 is 5.97 Å². The SMILES string of the molecule is O=C(O)c1cc(N(CC2CCCC2)c2ccnc(Cl)n2)ccc1Cl. The van der Waals surface area contributed by atoms with Gasteiger partial charge in [-0.1, -0.05) is 24.4 Å². The summed E-state index contributed by atoms with van der Waals surface area (Å²) >= 11 is 11.9. The standard InChI is InChI=1S/C17H17Cl2N3O2/c18-14-6-5-12(9-13(14)16(23)24)22(10-11-3-1-2-4-11)15-7-8-20-17(19)21-15/h5-9,11H,1-4,10H2,(H,23,24). The molecule has 0 amide bonds. The lowest BCUT2D eigenvalue weighted by atomic mass is 10.1. The van der Waals surface area contributed by atoms with E-state index in [1.54, 1.807) is 30.5 Å². The largest absolute Gasteiger partial charge is 0.478 e. The summed E-state index contributed by atoms with van der Waals surface area (Å²) < 4.78 is 0. The molecule has 7 heteroatoms. The Morgan fingerprint density at radius 3 is 2.67 bits per heavy atom. The highest BCUT2D eigenvalue weighted by Crippen LogP contribution is 2.33. The number of rotatable bonds is 5. The zero-order valence-electron chi connectivity index (χ0n) is 13.0. The van der Waals surface area contributed by atoms with Gasteiger partial charge in [-0.2, -0.15) is 0 Å². The Bertz CT molecular complexity index is 748. The van der Waals surface area contributed by atoms with Crippen molar-refractivity contribution < 1.29 is 9.90 Å². The Morgan fingerprint density at radius 1 is 1.25 bits per heavy atom. The smallest absolute Gasteiger partial charge is 0.337 e. The third-order valence-corrected chi connectivity index (χ3v) is 4.81. The quantitative estimate of drug-likeness (QED) is 0.770. The van der Waals surface area contributed by atoms with E-state index in [-0.39, 0.29) is 15.9 Å². The first-order valence-corrected chi connectivity index (χ1v) is 8.59. The molecule has 1 aliphatic carbocycles. The van der Waals surface area contributed by atoms with E-state index in [4.69, 9.17) is 23.2 Å². The fraction of sp³-hybridized carbons (Fsp3) is 0.353. The summed E-state index contributed by atoms with van der Waals surface area (Å²) in [6.45, 7) is 0.758. The molecule has 0 atom stereocenters. The second kappa shape index (κ2) is 7.36. The Kier molecular flexibility index (Phi) is 5.21. The molecule has 1 fully saturated rings. The van der Waals surface area contributed by atoms with Crippen LogP contribution < -0.4 is 4.90 Å². The summed E-state index contributed by atoms with van der Waals surface area (Å²) in [6, 6.07) is 6.76. The van der Waals surface area contributed by atoms with E-state index in [0.717, 1.165) is 25.1 Å². The molecule has 126 valence electrons. The molecule has 3 rings (SSSR count). The Morgan fingerprint density at radius 2 is 2.00 bits per heavy atom. The van der Waals surface area contributed by atoms with Crippen LogP contribution in [0.5, 0.6) is 0 Å². The molecule has 0 radical (unpaired) electrons. The first kappa shape index (κ1) is 17.0. The molecule has 0 spiro atoms. The van der Waals surface area contributed by atoms with Gasteiger partial charge in [-0.05, 0) is 54.6 Å². The summed E-state index contributed by atoms with van der Waals surface area (Å²) in [4.78, 5) is 21.6. The predicted octanol–water partition coefficient (Wildman–Crippen LogP) is 4.81. The number of halogens is 2. The van der Waals surface area contributed by atoms with Crippen molar-refractivity contribution in [1.82, 2.24) is 9.97 Å². The van der Waals surface area contributed by atoms with Gasteiger partial charge < -0.3 is 10.0 Å². The summed E-state index contributed by atoms with van der Waals surface area (Å²) in [5.74, 6) is 0.145. The number of carboxylic acids is 1. The average Bonchev–Trinajstić information content (AvgIpc) is 3.06. The van der Waals surface area contributed by atoms with Gasteiger partial charge in [-0.25, -0.2) is 14.8 Å². The van der Waals surface area contributed by atoms with Gasteiger partial charge in [0.15, 0.2) is 0 Å². The van der Waals surface area contributed by atoms with E-state index in [1.165, 1.54) is 12.8 Å². The van der Waals surface area contributed by atoms with Gasteiger partial charge in [0.05, 0.1) is 10.6 Å². The monoisotopic (exact) mass is 365 g/mol. The van der Waals surface area contributed by atoms with Crippen LogP contribution >= 0.6 is 23.2 Å². The van der Waals surface area contributed by atoms with Gasteiger partial charge in [0.2, 0.25) is 5.28 Å². The van der Waals surface area contributed by atoms with Crippen LogP contribution in [-0.4, -0.2) is 27.6 Å². The third kappa shape index (κ3) is 3.79. The summed E-state index contributed by atoms with van der Waals surface area (Å²) in [5, 5.41) is 9.70. The van der Waals surface area contributed by atoms with Crippen molar-refractivity contribution >= 4 is 40.7 Å². The molecular weight excluding hydrogens is 349 g/mol. The normalized spacial score (nSPS) is 14.8. The van der Waals surface area contributed by atoms with Gasteiger partial charge in [-0.3, -0.25) is 0 Å². The van der Waals surface area contributed by atoms with Gasteiger partial charge in [0, 0.05) is 18.4 Å². The molecule has 1 aromatic heterocycles. The lowest BCUT2D eigenvalue weighted by Crippen LogP contribution is -2.25. The molecule has 1 heterocycles. The third-order valence-electron chi connectivity index (χ3n) is 4.30. The van der Waals surface area contributed by atoms with Crippen molar-refractivity contribution in [2.24, 2.45) is 5.92 Å². The molecule has 5 nitrogen and oxygen atoms in total. The molecule has 1 aliphatic rings. The number of benzene rings is 1.